The maximum atomic E-state index is 12.9. The highest BCUT2D eigenvalue weighted by atomic mass is 35.5. The topological polar surface area (TPSA) is 132 Å². The van der Waals surface area contributed by atoms with Gasteiger partial charge in [-0.2, -0.15) is 0 Å². The van der Waals surface area contributed by atoms with E-state index in [0.717, 1.165) is 22.6 Å². The van der Waals surface area contributed by atoms with Crippen LogP contribution < -0.4 is 15.5 Å². The van der Waals surface area contributed by atoms with Gasteiger partial charge in [-0.15, -0.1) is 0 Å². The molecule has 4 heterocycles. The van der Waals surface area contributed by atoms with Crippen LogP contribution in [0.4, 0.5) is 17.6 Å². The van der Waals surface area contributed by atoms with E-state index in [4.69, 9.17) is 11.6 Å². The number of halogens is 1. The number of aliphatic hydroxyl groups is 1. The van der Waals surface area contributed by atoms with Crippen LogP contribution in [-0.4, -0.2) is 61.5 Å². The van der Waals surface area contributed by atoms with Crippen molar-refractivity contribution in [2.45, 2.75) is 32.7 Å². The summed E-state index contributed by atoms with van der Waals surface area (Å²) in [5, 5.41) is 17.5. The monoisotopic (exact) mass is 559 g/mol. The van der Waals surface area contributed by atoms with Crippen LogP contribution in [0.25, 0.3) is 11.3 Å². The molecule has 1 aromatic carbocycles. The van der Waals surface area contributed by atoms with E-state index >= 15 is 0 Å². The summed E-state index contributed by atoms with van der Waals surface area (Å²) < 4.78 is 0. The number of hydrogen-bond donors (Lipinski definition) is 3. The first kappa shape index (κ1) is 27.4. The van der Waals surface area contributed by atoms with Gasteiger partial charge >= 0.3 is 0 Å². The van der Waals surface area contributed by atoms with Crippen molar-refractivity contribution < 1.29 is 9.90 Å². The number of carbonyl (C=O) groups excluding carboxylic acids is 1. The van der Waals surface area contributed by atoms with Gasteiger partial charge in [0.2, 0.25) is 11.9 Å². The maximum Gasteiger partial charge on any atom is 0.234 e. The Labute approximate surface area is 237 Å². The molecule has 5 rings (SSSR count). The van der Waals surface area contributed by atoms with E-state index in [-0.39, 0.29) is 18.5 Å². The minimum Gasteiger partial charge on any atom is -0.374 e. The van der Waals surface area contributed by atoms with E-state index in [1.807, 2.05) is 62.3 Å². The third-order valence-corrected chi connectivity index (χ3v) is 6.84. The molecule has 0 saturated carbocycles. The zero-order valence-electron chi connectivity index (χ0n) is 22.6. The van der Waals surface area contributed by atoms with Crippen molar-refractivity contribution in [3.05, 3.63) is 82.5 Å². The van der Waals surface area contributed by atoms with Gasteiger partial charge in [0.05, 0.1) is 35.2 Å². The summed E-state index contributed by atoms with van der Waals surface area (Å²) in [7, 11) is 3.84. The fourth-order valence-corrected chi connectivity index (χ4v) is 4.72. The standard InChI is InChI=1S/C28H30ClN9O2/c1-16(22-6-5-7-24(34-22)37(3)4)32-25(39)15-38-14-19-9-8-18(12-20(19)27(38)40)26-21(29)13-31-28(36-26)35-23-10-11-30-17(2)33-23/h5-13,16,27,40H,14-15H2,1-4H3,(H,32,39)(H,30,31,33,35,36)/t16-,27?/m1/s1. The molecule has 0 bridgehead atoms. The number of nitrogens with zero attached hydrogens (tertiary/aromatic N) is 7. The smallest absolute Gasteiger partial charge is 0.234 e. The number of aromatic nitrogens is 5. The molecule has 1 aliphatic rings. The number of amides is 1. The van der Waals surface area contributed by atoms with Crippen LogP contribution in [0.15, 0.2) is 54.9 Å². The summed E-state index contributed by atoms with van der Waals surface area (Å²) in [6, 6.07) is 12.8. The zero-order valence-corrected chi connectivity index (χ0v) is 23.4. The van der Waals surface area contributed by atoms with Crippen molar-refractivity contribution in [1.29, 1.82) is 0 Å². The molecule has 3 aromatic heterocycles. The number of pyridine rings is 1. The second-order valence-corrected chi connectivity index (χ2v) is 10.2. The van der Waals surface area contributed by atoms with Crippen molar-refractivity contribution in [2.24, 2.45) is 0 Å². The summed E-state index contributed by atoms with van der Waals surface area (Å²) >= 11 is 6.46. The summed E-state index contributed by atoms with van der Waals surface area (Å²) in [5.74, 6) is 2.13. The van der Waals surface area contributed by atoms with Crippen LogP contribution in [0, 0.1) is 6.92 Å². The molecule has 1 aliphatic heterocycles. The van der Waals surface area contributed by atoms with E-state index in [1.165, 1.54) is 6.20 Å². The highest BCUT2D eigenvalue weighted by Crippen LogP contribution is 2.36. The van der Waals surface area contributed by atoms with Crippen LogP contribution in [-0.2, 0) is 11.3 Å². The third kappa shape index (κ3) is 6.01. The number of anilines is 3. The minimum atomic E-state index is -0.951. The van der Waals surface area contributed by atoms with Crippen LogP contribution in [0.5, 0.6) is 0 Å². The summed E-state index contributed by atoms with van der Waals surface area (Å²) in [6.07, 6.45) is 2.22. The number of nitrogens with one attached hydrogen (secondary N) is 2. The van der Waals surface area contributed by atoms with Crippen LogP contribution >= 0.6 is 11.6 Å². The van der Waals surface area contributed by atoms with Crippen molar-refractivity contribution in [1.82, 2.24) is 35.1 Å². The van der Waals surface area contributed by atoms with Crippen LogP contribution in [0.2, 0.25) is 5.02 Å². The lowest BCUT2D eigenvalue weighted by molar-refractivity contribution is -0.125. The van der Waals surface area contributed by atoms with Crippen LogP contribution in [0.3, 0.4) is 0 Å². The number of benzene rings is 1. The first-order valence-corrected chi connectivity index (χ1v) is 13.1. The normalized spacial score (nSPS) is 15.4. The highest BCUT2D eigenvalue weighted by Gasteiger charge is 2.31. The predicted octanol–water partition coefficient (Wildman–Crippen LogP) is 3.78. The molecule has 206 valence electrons. The van der Waals surface area contributed by atoms with Gasteiger partial charge in [0.1, 0.15) is 23.7 Å². The maximum absolute atomic E-state index is 12.9. The molecule has 0 aliphatic carbocycles. The first-order valence-electron chi connectivity index (χ1n) is 12.8. The Morgan fingerprint density at radius 1 is 1.18 bits per heavy atom. The van der Waals surface area contributed by atoms with E-state index in [0.29, 0.717) is 40.4 Å². The molecule has 1 unspecified atom stereocenters. The first-order chi connectivity index (χ1) is 19.2. The number of carbonyl (C=O) groups is 1. The zero-order chi connectivity index (χ0) is 28.4. The van der Waals surface area contributed by atoms with Gasteiger partial charge in [-0.05, 0) is 43.7 Å². The second-order valence-electron chi connectivity index (χ2n) is 9.80. The molecule has 2 atom stereocenters. The van der Waals surface area contributed by atoms with Gasteiger partial charge < -0.3 is 20.6 Å². The van der Waals surface area contributed by atoms with Gasteiger partial charge in [-0.3, -0.25) is 9.69 Å². The van der Waals surface area contributed by atoms with Gasteiger partial charge in [0, 0.05) is 38.0 Å². The summed E-state index contributed by atoms with van der Waals surface area (Å²) in [6.45, 7) is 4.15. The van der Waals surface area contributed by atoms with E-state index < -0.39 is 6.23 Å². The van der Waals surface area contributed by atoms with Crippen LogP contribution in [0.1, 0.15) is 41.8 Å². The molecule has 11 nitrogen and oxygen atoms in total. The van der Waals surface area contributed by atoms with Gasteiger partial charge in [-0.1, -0.05) is 29.8 Å². The average Bonchev–Trinajstić information content (AvgIpc) is 3.23. The van der Waals surface area contributed by atoms with E-state index in [1.54, 1.807) is 24.1 Å². The fourth-order valence-electron chi connectivity index (χ4n) is 4.52. The fraction of sp³-hybridized carbons (Fsp3) is 0.286. The number of aliphatic hydroxyl groups excluding tert-OH is 1. The molecule has 12 heteroatoms. The molecular weight excluding hydrogens is 530 g/mol. The molecule has 0 radical (unpaired) electrons. The highest BCUT2D eigenvalue weighted by molar-refractivity contribution is 6.32. The number of hydrogen-bond acceptors (Lipinski definition) is 10. The molecule has 0 saturated heterocycles. The molecular formula is C28H30ClN9O2. The number of fused-ring (bicyclic) bond motifs is 1. The number of aryl methyl sites for hydroxylation is 1. The Kier molecular flexibility index (Phi) is 7.88. The minimum absolute atomic E-state index is 0.0313. The Morgan fingerprint density at radius 2 is 2.00 bits per heavy atom. The van der Waals surface area contributed by atoms with Crippen molar-refractivity contribution in [2.75, 3.05) is 30.9 Å². The molecule has 1 amide bonds. The van der Waals surface area contributed by atoms with E-state index in [2.05, 4.69) is 35.6 Å². The summed E-state index contributed by atoms with van der Waals surface area (Å²) in [4.78, 5) is 38.4. The predicted molar refractivity (Wildman–Crippen MR) is 153 cm³/mol. The lowest BCUT2D eigenvalue weighted by Crippen LogP contribution is -2.37. The molecule has 0 fully saturated rings. The summed E-state index contributed by atoms with van der Waals surface area (Å²) in [5.41, 5.74) is 3.63. The average molecular weight is 560 g/mol. The van der Waals surface area contributed by atoms with Crippen molar-refractivity contribution in [3.8, 4) is 11.3 Å². The lowest BCUT2D eigenvalue weighted by atomic mass is 10.0. The molecule has 4 aromatic rings. The Balaban J connectivity index is 1.28. The van der Waals surface area contributed by atoms with Crippen molar-refractivity contribution >= 4 is 35.1 Å². The SMILES string of the molecule is Cc1nccc(Nc2ncc(Cl)c(-c3ccc4c(c3)C(O)N(CC(=O)N[C@H](C)c3cccc(N(C)C)n3)C4)n2)n1. The van der Waals surface area contributed by atoms with Gasteiger partial charge in [0.15, 0.2) is 0 Å². The Morgan fingerprint density at radius 3 is 2.77 bits per heavy atom. The van der Waals surface area contributed by atoms with E-state index in [9.17, 15) is 9.90 Å². The molecule has 0 spiro atoms. The molecule has 40 heavy (non-hydrogen) atoms. The second kappa shape index (κ2) is 11.5. The van der Waals surface area contributed by atoms with Gasteiger partial charge in [-0.25, -0.2) is 24.9 Å². The third-order valence-electron chi connectivity index (χ3n) is 6.56. The Bertz CT molecular complexity index is 1550. The quantitative estimate of drug-likeness (QED) is 0.293. The van der Waals surface area contributed by atoms with Crippen molar-refractivity contribution in [3.63, 3.8) is 0 Å². The number of rotatable bonds is 8. The van der Waals surface area contributed by atoms with Gasteiger partial charge in [0.25, 0.3) is 0 Å². The largest absolute Gasteiger partial charge is 0.374 e. The molecule has 3 N–H and O–H groups in total. The Hall–Kier alpha value is -4.19. The lowest BCUT2D eigenvalue weighted by Gasteiger charge is -2.22.